The summed E-state index contributed by atoms with van der Waals surface area (Å²) in [5.74, 6) is 1.09. The predicted molar refractivity (Wildman–Crippen MR) is 128 cm³/mol. The molecule has 2 aromatic heterocycles. The van der Waals surface area contributed by atoms with Gasteiger partial charge in [-0.3, -0.25) is 4.79 Å². The zero-order valence-electron chi connectivity index (χ0n) is 20.4. The van der Waals surface area contributed by atoms with Crippen LogP contribution >= 0.6 is 0 Å². The van der Waals surface area contributed by atoms with Crippen molar-refractivity contribution in [2.45, 2.75) is 51.6 Å². The summed E-state index contributed by atoms with van der Waals surface area (Å²) in [6, 6.07) is 3.67. The molecule has 1 aliphatic heterocycles. The maximum Gasteiger partial charge on any atom is 0.416 e. The summed E-state index contributed by atoms with van der Waals surface area (Å²) in [5.41, 5.74) is 0.0115. The SMILES string of the molecule is CCCCN(CCOC)c1nc(Nc2cc(C(F)(F)F)ccn2)cc(C2CCN(C(C)=O)CC2)n1. The van der Waals surface area contributed by atoms with E-state index < -0.39 is 11.7 Å². The first-order valence-corrected chi connectivity index (χ1v) is 11.9. The summed E-state index contributed by atoms with van der Waals surface area (Å²) in [6.07, 6.45) is 0.0910. The summed E-state index contributed by atoms with van der Waals surface area (Å²) in [4.78, 5) is 29.1. The highest BCUT2D eigenvalue weighted by molar-refractivity contribution is 5.73. The van der Waals surface area contributed by atoms with E-state index in [1.807, 2.05) is 9.80 Å². The summed E-state index contributed by atoms with van der Waals surface area (Å²) in [7, 11) is 1.63. The molecule has 2 aromatic rings. The normalized spacial score (nSPS) is 14.7. The second-order valence-electron chi connectivity index (χ2n) is 8.64. The first-order chi connectivity index (χ1) is 16.7. The molecule has 3 rings (SSSR count). The van der Waals surface area contributed by atoms with Crippen LogP contribution in [0.15, 0.2) is 24.4 Å². The lowest BCUT2D eigenvalue weighted by Crippen LogP contribution is -2.36. The standard InChI is InChI=1S/C24H33F3N6O2/c1-4-5-10-33(13-14-35-3)23-29-20(18-7-11-32(12-8-18)17(2)34)16-22(31-23)30-21-15-19(6-9-28-21)24(25,26)27/h6,9,15-16,18H,4-5,7-8,10-14H2,1-3H3,(H,28,29,30,31). The van der Waals surface area contributed by atoms with Crippen LogP contribution in [0.5, 0.6) is 0 Å². The number of amides is 1. The number of pyridine rings is 1. The van der Waals surface area contributed by atoms with Gasteiger partial charge in [0.2, 0.25) is 11.9 Å². The van der Waals surface area contributed by atoms with E-state index in [1.54, 1.807) is 20.1 Å². The molecule has 0 aromatic carbocycles. The van der Waals surface area contributed by atoms with Crippen molar-refractivity contribution in [3.8, 4) is 0 Å². The molecular formula is C24H33F3N6O2. The number of alkyl halides is 3. The van der Waals surface area contributed by atoms with E-state index in [0.29, 0.717) is 38.0 Å². The van der Waals surface area contributed by atoms with E-state index in [2.05, 4.69) is 22.2 Å². The van der Waals surface area contributed by atoms with E-state index in [9.17, 15) is 18.0 Å². The van der Waals surface area contributed by atoms with Gasteiger partial charge in [-0.2, -0.15) is 18.2 Å². The molecule has 8 nitrogen and oxygen atoms in total. The summed E-state index contributed by atoms with van der Waals surface area (Å²) < 4.78 is 44.8. The molecule has 1 saturated heterocycles. The molecule has 0 unspecified atom stereocenters. The molecule has 3 heterocycles. The van der Waals surface area contributed by atoms with Crippen molar-refractivity contribution in [2.75, 3.05) is 50.1 Å². The highest BCUT2D eigenvalue weighted by Crippen LogP contribution is 2.32. The van der Waals surface area contributed by atoms with Gasteiger partial charge in [0, 0.05) is 58.4 Å². The van der Waals surface area contributed by atoms with Crippen LogP contribution in [0.4, 0.5) is 30.8 Å². The van der Waals surface area contributed by atoms with Crippen LogP contribution in [0.1, 0.15) is 56.7 Å². The third kappa shape index (κ3) is 7.51. The van der Waals surface area contributed by atoms with Gasteiger partial charge < -0.3 is 19.9 Å². The Kier molecular flexibility index (Phi) is 9.25. The van der Waals surface area contributed by atoms with Gasteiger partial charge in [0.15, 0.2) is 0 Å². The maximum atomic E-state index is 13.2. The fourth-order valence-corrected chi connectivity index (χ4v) is 4.03. The number of nitrogens with zero attached hydrogens (tertiary/aromatic N) is 5. The minimum atomic E-state index is -4.47. The molecule has 0 bridgehead atoms. The Balaban J connectivity index is 1.93. The Morgan fingerprint density at radius 1 is 1.20 bits per heavy atom. The predicted octanol–water partition coefficient (Wildman–Crippen LogP) is 4.61. The Labute approximate surface area is 203 Å². The second-order valence-corrected chi connectivity index (χ2v) is 8.64. The Hall–Kier alpha value is -2.95. The van der Waals surface area contributed by atoms with Crippen LogP contribution in [0.25, 0.3) is 0 Å². The number of anilines is 3. The number of likely N-dealkylation sites (tertiary alicyclic amines) is 1. The lowest BCUT2D eigenvalue weighted by molar-refractivity contribution is -0.137. The number of unbranched alkanes of at least 4 members (excludes halogenated alkanes) is 1. The lowest BCUT2D eigenvalue weighted by atomic mass is 9.93. The number of hydrogen-bond donors (Lipinski definition) is 1. The van der Waals surface area contributed by atoms with Gasteiger partial charge in [-0.25, -0.2) is 9.97 Å². The molecule has 1 amide bonds. The fraction of sp³-hybridized carbons (Fsp3) is 0.583. The highest BCUT2D eigenvalue weighted by atomic mass is 19.4. The molecule has 1 aliphatic rings. The van der Waals surface area contributed by atoms with E-state index in [-0.39, 0.29) is 17.6 Å². The van der Waals surface area contributed by atoms with E-state index in [1.165, 1.54) is 0 Å². The van der Waals surface area contributed by atoms with Gasteiger partial charge in [0.05, 0.1) is 17.9 Å². The smallest absolute Gasteiger partial charge is 0.383 e. The monoisotopic (exact) mass is 494 g/mol. The minimum absolute atomic E-state index is 0.0510. The molecule has 1 fully saturated rings. The molecular weight excluding hydrogens is 461 g/mol. The van der Waals surface area contributed by atoms with E-state index in [0.717, 1.165) is 56.3 Å². The van der Waals surface area contributed by atoms with Crippen molar-refractivity contribution in [3.63, 3.8) is 0 Å². The van der Waals surface area contributed by atoms with Crippen molar-refractivity contribution in [3.05, 3.63) is 35.7 Å². The highest BCUT2D eigenvalue weighted by Gasteiger charge is 2.31. The van der Waals surface area contributed by atoms with E-state index in [4.69, 9.17) is 9.72 Å². The van der Waals surface area contributed by atoms with Gasteiger partial charge in [-0.15, -0.1) is 0 Å². The number of hydrogen-bond acceptors (Lipinski definition) is 7. The van der Waals surface area contributed by atoms with Crippen molar-refractivity contribution < 1.29 is 22.7 Å². The van der Waals surface area contributed by atoms with Crippen molar-refractivity contribution in [2.24, 2.45) is 0 Å². The zero-order valence-corrected chi connectivity index (χ0v) is 20.4. The van der Waals surface area contributed by atoms with E-state index >= 15 is 0 Å². The molecule has 1 N–H and O–H groups in total. The number of aromatic nitrogens is 3. The minimum Gasteiger partial charge on any atom is -0.383 e. The third-order valence-electron chi connectivity index (χ3n) is 6.07. The van der Waals surface area contributed by atoms with Crippen LogP contribution in [0.3, 0.4) is 0 Å². The maximum absolute atomic E-state index is 13.2. The fourth-order valence-electron chi connectivity index (χ4n) is 4.03. The quantitative estimate of drug-likeness (QED) is 0.516. The van der Waals surface area contributed by atoms with Crippen molar-refractivity contribution in [1.82, 2.24) is 19.9 Å². The third-order valence-corrected chi connectivity index (χ3v) is 6.07. The van der Waals surface area contributed by atoms with Gasteiger partial charge in [0.25, 0.3) is 0 Å². The molecule has 0 radical (unpaired) electrons. The Bertz CT molecular complexity index is 972. The summed E-state index contributed by atoms with van der Waals surface area (Å²) >= 11 is 0. The van der Waals surface area contributed by atoms with Gasteiger partial charge in [0.1, 0.15) is 11.6 Å². The largest absolute Gasteiger partial charge is 0.416 e. The van der Waals surface area contributed by atoms with Crippen LogP contribution in [0.2, 0.25) is 0 Å². The van der Waals surface area contributed by atoms with Crippen LogP contribution in [-0.4, -0.2) is 65.7 Å². The molecule has 0 atom stereocenters. The molecule has 11 heteroatoms. The lowest BCUT2D eigenvalue weighted by Gasteiger charge is -2.31. The Morgan fingerprint density at radius 2 is 1.94 bits per heavy atom. The number of ether oxygens (including phenoxy) is 1. The zero-order chi connectivity index (χ0) is 25.4. The Morgan fingerprint density at radius 3 is 2.57 bits per heavy atom. The van der Waals surface area contributed by atoms with Crippen LogP contribution < -0.4 is 10.2 Å². The first-order valence-electron chi connectivity index (χ1n) is 11.9. The van der Waals surface area contributed by atoms with Crippen molar-refractivity contribution in [1.29, 1.82) is 0 Å². The molecule has 192 valence electrons. The number of methoxy groups -OCH3 is 1. The second kappa shape index (κ2) is 12.1. The number of carbonyl (C=O) groups excluding carboxylic acids is 1. The van der Waals surface area contributed by atoms with Crippen LogP contribution in [-0.2, 0) is 15.7 Å². The number of piperidine rings is 1. The molecule has 0 aliphatic carbocycles. The molecule has 0 spiro atoms. The number of halogens is 3. The average Bonchev–Trinajstić information content (AvgIpc) is 2.83. The van der Waals surface area contributed by atoms with Crippen LogP contribution in [0, 0.1) is 0 Å². The summed E-state index contributed by atoms with van der Waals surface area (Å²) in [5, 5.41) is 2.95. The average molecular weight is 495 g/mol. The molecule has 0 saturated carbocycles. The van der Waals surface area contributed by atoms with Gasteiger partial charge in [-0.1, -0.05) is 13.3 Å². The molecule has 35 heavy (non-hydrogen) atoms. The topological polar surface area (TPSA) is 83.5 Å². The number of rotatable bonds is 10. The van der Waals surface area contributed by atoms with Gasteiger partial charge >= 0.3 is 6.18 Å². The van der Waals surface area contributed by atoms with Crippen molar-refractivity contribution >= 4 is 23.5 Å². The number of carbonyl (C=O) groups is 1. The number of nitrogens with one attached hydrogen (secondary N) is 1. The first kappa shape index (κ1) is 26.7. The summed E-state index contributed by atoms with van der Waals surface area (Å²) in [6.45, 7) is 6.75. The van der Waals surface area contributed by atoms with Gasteiger partial charge in [-0.05, 0) is 31.4 Å².